The Hall–Kier alpha value is -1.97. The molecule has 1 heterocycles. The van der Waals surface area contributed by atoms with E-state index in [0.717, 1.165) is 15.2 Å². The molecule has 3 aromatic rings. The van der Waals surface area contributed by atoms with E-state index in [2.05, 4.69) is 36.9 Å². The maximum absolute atomic E-state index is 12.6. The van der Waals surface area contributed by atoms with Gasteiger partial charge in [-0.2, -0.15) is 0 Å². The number of nitrogens with zero attached hydrogens (tertiary/aromatic N) is 3. The fourth-order valence-corrected chi connectivity index (χ4v) is 3.54. The van der Waals surface area contributed by atoms with Gasteiger partial charge in [0.05, 0.1) is 0 Å². The molecule has 0 radical (unpaired) electrons. The van der Waals surface area contributed by atoms with Crippen LogP contribution in [0.1, 0.15) is 16.2 Å². The van der Waals surface area contributed by atoms with Gasteiger partial charge in [-0.1, -0.05) is 52.0 Å². The number of aryl methyl sites for hydroxylation is 1. The van der Waals surface area contributed by atoms with E-state index in [1.165, 1.54) is 11.8 Å². The number of nitrogens with one attached hydrogen (secondary N) is 2. The number of fused-ring (bicyclic) bond motifs is 1. The summed E-state index contributed by atoms with van der Waals surface area (Å²) in [5, 5.41) is 13.3. The topological polar surface area (TPSA) is 71.8 Å². The van der Waals surface area contributed by atoms with E-state index in [9.17, 15) is 4.79 Å². The summed E-state index contributed by atoms with van der Waals surface area (Å²) in [5.41, 5.74) is 3.48. The highest BCUT2D eigenvalue weighted by Crippen LogP contribution is 2.26. The molecule has 2 N–H and O–H groups in total. The van der Waals surface area contributed by atoms with Crippen LogP contribution in [0.3, 0.4) is 0 Å². The summed E-state index contributed by atoms with van der Waals surface area (Å²) in [7, 11) is 0. The van der Waals surface area contributed by atoms with E-state index in [-0.39, 0.29) is 11.0 Å². The predicted octanol–water partition coefficient (Wildman–Crippen LogP) is 3.48. The maximum atomic E-state index is 12.6. The van der Waals surface area contributed by atoms with Crippen LogP contribution in [0.25, 0.3) is 10.8 Å². The van der Waals surface area contributed by atoms with Crippen LogP contribution in [0, 0.1) is 6.92 Å². The number of carbonyl (C=O) groups is 1. The third-order valence-corrected chi connectivity index (χ3v) is 5.05. The van der Waals surface area contributed by atoms with E-state index >= 15 is 0 Å². The first kappa shape index (κ1) is 17.8. The third kappa shape index (κ3) is 3.68. The van der Waals surface area contributed by atoms with Gasteiger partial charge in [0, 0.05) is 10.0 Å². The number of carbonyl (C=O) groups excluding carboxylic acids is 1. The minimum Gasteiger partial charge on any atom is -0.298 e. The van der Waals surface area contributed by atoms with Gasteiger partial charge in [0.25, 0.3) is 5.91 Å². The molecule has 0 saturated carbocycles. The number of aromatic nitrogens is 3. The number of hydrogen-bond donors (Lipinski definition) is 2. The van der Waals surface area contributed by atoms with Gasteiger partial charge in [-0.25, -0.2) is 4.68 Å². The molecule has 128 valence electrons. The summed E-state index contributed by atoms with van der Waals surface area (Å²) in [4.78, 5) is 12.6. The summed E-state index contributed by atoms with van der Waals surface area (Å²) in [6, 6.07) is 11.3. The molecule has 25 heavy (non-hydrogen) atoms. The third-order valence-electron chi connectivity index (χ3n) is 3.53. The Labute approximate surface area is 162 Å². The summed E-state index contributed by atoms with van der Waals surface area (Å²) in [5.74, 6) is 0.368. The second kappa shape index (κ2) is 7.51. The average Bonchev–Trinajstić information content (AvgIpc) is 2.94. The zero-order valence-electron chi connectivity index (χ0n) is 13.4. The molecule has 6 nitrogen and oxygen atoms in total. The Balaban J connectivity index is 1.82. The number of thioether (sulfide) groups is 1. The highest BCUT2D eigenvalue weighted by atomic mass is 79.9. The van der Waals surface area contributed by atoms with E-state index in [1.54, 1.807) is 17.7 Å². The van der Waals surface area contributed by atoms with Gasteiger partial charge in [-0.05, 0) is 48.3 Å². The van der Waals surface area contributed by atoms with E-state index in [0.29, 0.717) is 16.5 Å². The molecule has 0 aliphatic heterocycles. The van der Waals surface area contributed by atoms with Gasteiger partial charge in [-0.3, -0.25) is 15.5 Å². The molecule has 0 unspecified atom stereocenters. The Bertz CT molecular complexity index is 972. The second-order valence-electron chi connectivity index (χ2n) is 5.10. The first-order chi connectivity index (χ1) is 12.0. The summed E-state index contributed by atoms with van der Waals surface area (Å²) in [6.45, 7) is 1.80. The van der Waals surface area contributed by atoms with Crippen molar-refractivity contribution in [3.05, 3.63) is 52.3 Å². The van der Waals surface area contributed by atoms with Crippen molar-refractivity contribution in [2.24, 2.45) is 0 Å². The number of amides is 1. The number of benzene rings is 2. The SMILES string of the molecule is CSc1nnc(C)n1NC(=S)NC(=O)c1cccc2c(Br)cccc12. The monoisotopic (exact) mass is 435 g/mol. The Morgan fingerprint density at radius 2 is 1.92 bits per heavy atom. The van der Waals surface area contributed by atoms with Crippen molar-refractivity contribution in [3.8, 4) is 0 Å². The highest BCUT2D eigenvalue weighted by Gasteiger charge is 2.14. The molecule has 0 fully saturated rings. The number of halogens is 1. The molecule has 0 aliphatic rings. The Morgan fingerprint density at radius 3 is 2.68 bits per heavy atom. The minimum atomic E-state index is -0.280. The van der Waals surface area contributed by atoms with Gasteiger partial charge in [-0.15, -0.1) is 10.2 Å². The molecule has 0 spiro atoms. The first-order valence-electron chi connectivity index (χ1n) is 7.27. The normalized spacial score (nSPS) is 10.7. The lowest BCUT2D eigenvalue weighted by atomic mass is 10.0. The van der Waals surface area contributed by atoms with E-state index in [4.69, 9.17) is 12.2 Å². The molecule has 9 heteroatoms. The number of rotatable bonds is 3. The second-order valence-corrected chi connectivity index (χ2v) is 7.14. The summed E-state index contributed by atoms with van der Waals surface area (Å²) >= 11 is 10.2. The van der Waals surface area contributed by atoms with Gasteiger partial charge in [0.1, 0.15) is 5.82 Å². The van der Waals surface area contributed by atoms with Gasteiger partial charge >= 0.3 is 0 Å². The lowest BCUT2D eigenvalue weighted by molar-refractivity contribution is 0.0979. The van der Waals surface area contributed by atoms with Crippen molar-refractivity contribution < 1.29 is 4.79 Å². The van der Waals surface area contributed by atoms with Crippen LogP contribution in [-0.2, 0) is 0 Å². The fourth-order valence-electron chi connectivity index (χ4n) is 2.37. The standard InChI is InChI=1S/C16H14BrN5OS2/c1-9-19-20-16(25-2)22(9)21-15(24)18-14(23)12-7-3-6-11-10(12)5-4-8-13(11)17/h3-8H,1-2H3,(H2,18,21,23,24). The van der Waals surface area contributed by atoms with Crippen LogP contribution in [0.2, 0.25) is 0 Å². The van der Waals surface area contributed by atoms with Crippen LogP contribution in [0.15, 0.2) is 46.0 Å². The van der Waals surface area contributed by atoms with Crippen molar-refractivity contribution in [2.45, 2.75) is 12.1 Å². The highest BCUT2D eigenvalue weighted by molar-refractivity contribution is 9.10. The molecule has 1 amide bonds. The molecule has 3 rings (SSSR count). The zero-order chi connectivity index (χ0) is 18.0. The molecule has 0 aliphatic carbocycles. The molecule has 0 atom stereocenters. The number of thiocarbonyl (C=S) groups is 1. The van der Waals surface area contributed by atoms with Crippen molar-refractivity contribution in [1.82, 2.24) is 20.2 Å². The Kier molecular flexibility index (Phi) is 5.36. The fraction of sp³-hybridized carbons (Fsp3) is 0.125. The molecule has 0 bridgehead atoms. The average molecular weight is 436 g/mol. The first-order valence-corrected chi connectivity index (χ1v) is 9.69. The summed E-state index contributed by atoms with van der Waals surface area (Å²) < 4.78 is 2.57. The van der Waals surface area contributed by atoms with E-state index in [1.807, 2.05) is 36.6 Å². The van der Waals surface area contributed by atoms with E-state index < -0.39 is 0 Å². The lowest BCUT2D eigenvalue weighted by Gasteiger charge is -2.13. The van der Waals surface area contributed by atoms with Crippen LogP contribution in [0.5, 0.6) is 0 Å². The predicted molar refractivity (Wildman–Crippen MR) is 108 cm³/mol. The van der Waals surface area contributed by atoms with Gasteiger partial charge < -0.3 is 0 Å². The van der Waals surface area contributed by atoms with Crippen molar-refractivity contribution >= 4 is 61.7 Å². The van der Waals surface area contributed by atoms with Gasteiger partial charge in [0.15, 0.2) is 5.11 Å². The molecule has 2 aromatic carbocycles. The van der Waals surface area contributed by atoms with Gasteiger partial charge in [0.2, 0.25) is 5.16 Å². The quantitative estimate of drug-likeness (QED) is 0.484. The van der Waals surface area contributed by atoms with Crippen LogP contribution in [-0.4, -0.2) is 32.1 Å². The van der Waals surface area contributed by atoms with Crippen molar-refractivity contribution in [3.63, 3.8) is 0 Å². The largest absolute Gasteiger partial charge is 0.298 e. The van der Waals surface area contributed by atoms with Crippen molar-refractivity contribution in [1.29, 1.82) is 0 Å². The number of hydrogen-bond acceptors (Lipinski definition) is 5. The molecule has 1 aromatic heterocycles. The molecular formula is C16H14BrN5OS2. The molecular weight excluding hydrogens is 422 g/mol. The summed E-state index contributed by atoms with van der Waals surface area (Å²) in [6.07, 6.45) is 1.89. The van der Waals surface area contributed by atoms with Crippen LogP contribution >= 0.6 is 39.9 Å². The minimum absolute atomic E-state index is 0.176. The molecule has 0 saturated heterocycles. The zero-order valence-corrected chi connectivity index (χ0v) is 16.6. The lowest BCUT2D eigenvalue weighted by Crippen LogP contribution is -2.38. The van der Waals surface area contributed by atoms with Crippen LogP contribution in [0.4, 0.5) is 0 Å². The van der Waals surface area contributed by atoms with Crippen molar-refractivity contribution in [2.75, 3.05) is 11.7 Å². The smallest absolute Gasteiger partial charge is 0.258 e. The Morgan fingerprint density at radius 1 is 1.20 bits per heavy atom. The maximum Gasteiger partial charge on any atom is 0.258 e. The van der Waals surface area contributed by atoms with Crippen LogP contribution < -0.4 is 10.7 Å².